The van der Waals surface area contributed by atoms with Crippen LogP contribution in [0.5, 0.6) is 11.5 Å². The average Bonchev–Trinajstić information content (AvgIpc) is 2.79. The number of rotatable bonds is 12. The molecule has 31 heavy (non-hydrogen) atoms. The van der Waals surface area contributed by atoms with Crippen molar-refractivity contribution in [3.05, 3.63) is 65.7 Å². The van der Waals surface area contributed by atoms with E-state index in [2.05, 4.69) is 36.2 Å². The fraction of sp³-hybridized carbons (Fsp3) is 0.333. The van der Waals surface area contributed by atoms with E-state index in [9.17, 15) is 9.59 Å². The first-order valence-corrected chi connectivity index (χ1v) is 10.3. The Labute approximate surface area is 183 Å². The molecule has 2 aromatic carbocycles. The second-order valence-electron chi connectivity index (χ2n) is 6.89. The van der Waals surface area contributed by atoms with Crippen LogP contribution in [0.4, 0.5) is 0 Å². The molecule has 166 valence electrons. The van der Waals surface area contributed by atoms with Crippen molar-refractivity contribution in [2.45, 2.75) is 19.9 Å². The summed E-state index contributed by atoms with van der Waals surface area (Å²) in [5, 5.41) is 3.00. The minimum Gasteiger partial charge on any atom is -0.493 e. The number of carbonyl (C=O) groups is 2. The topological polar surface area (TPSA) is 93.9 Å². The van der Waals surface area contributed by atoms with E-state index in [4.69, 9.17) is 15.2 Å². The van der Waals surface area contributed by atoms with E-state index in [-0.39, 0.29) is 18.6 Å². The van der Waals surface area contributed by atoms with Crippen molar-refractivity contribution in [1.29, 1.82) is 0 Å². The molecule has 0 aliphatic heterocycles. The van der Waals surface area contributed by atoms with Gasteiger partial charge in [-0.25, -0.2) is 0 Å². The monoisotopic (exact) mass is 425 g/mol. The summed E-state index contributed by atoms with van der Waals surface area (Å²) in [5.41, 5.74) is 7.04. The molecule has 7 heteroatoms. The van der Waals surface area contributed by atoms with Crippen molar-refractivity contribution >= 4 is 17.9 Å². The molecule has 0 spiro atoms. The van der Waals surface area contributed by atoms with Crippen LogP contribution in [0.1, 0.15) is 31.0 Å². The fourth-order valence-corrected chi connectivity index (χ4v) is 3.28. The summed E-state index contributed by atoms with van der Waals surface area (Å²) in [4.78, 5) is 25.6. The summed E-state index contributed by atoms with van der Waals surface area (Å²) >= 11 is 0. The van der Waals surface area contributed by atoms with E-state index in [0.29, 0.717) is 18.0 Å². The molecule has 7 nitrogen and oxygen atoms in total. The van der Waals surface area contributed by atoms with Gasteiger partial charge in [0.15, 0.2) is 18.1 Å². The van der Waals surface area contributed by atoms with Crippen molar-refractivity contribution in [3.8, 4) is 11.5 Å². The quantitative estimate of drug-likeness (QED) is 0.510. The number of nitrogens with one attached hydrogen (secondary N) is 1. The predicted octanol–water partition coefficient (Wildman–Crippen LogP) is 2.77. The summed E-state index contributed by atoms with van der Waals surface area (Å²) < 4.78 is 10.6. The highest BCUT2D eigenvalue weighted by atomic mass is 16.5. The number of likely N-dealkylation sites (N-methyl/N-ethyl adjacent to an activating group) is 1. The average molecular weight is 426 g/mol. The highest BCUT2D eigenvalue weighted by molar-refractivity contribution is 5.91. The molecule has 0 aliphatic rings. The Morgan fingerprint density at radius 1 is 1.10 bits per heavy atom. The van der Waals surface area contributed by atoms with Crippen LogP contribution in [0, 0.1) is 0 Å². The molecule has 0 aliphatic carbocycles. The Bertz CT molecular complexity index is 880. The van der Waals surface area contributed by atoms with Crippen LogP contribution in [0.25, 0.3) is 6.08 Å². The van der Waals surface area contributed by atoms with Gasteiger partial charge in [0.2, 0.25) is 5.91 Å². The second kappa shape index (κ2) is 12.4. The number of ether oxygens (including phenoxy) is 2. The van der Waals surface area contributed by atoms with E-state index >= 15 is 0 Å². The predicted molar refractivity (Wildman–Crippen MR) is 122 cm³/mol. The van der Waals surface area contributed by atoms with Crippen molar-refractivity contribution in [1.82, 2.24) is 10.2 Å². The molecular formula is C24H31N3O4. The van der Waals surface area contributed by atoms with Gasteiger partial charge in [-0.1, -0.05) is 50.2 Å². The molecule has 0 saturated heterocycles. The zero-order chi connectivity index (χ0) is 22.6. The molecule has 2 aromatic rings. The number of hydrogen-bond donors (Lipinski definition) is 2. The second-order valence-corrected chi connectivity index (χ2v) is 6.89. The fourth-order valence-electron chi connectivity index (χ4n) is 3.28. The van der Waals surface area contributed by atoms with E-state index in [0.717, 1.165) is 18.7 Å². The Morgan fingerprint density at radius 3 is 2.42 bits per heavy atom. The summed E-state index contributed by atoms with van der Waals surface area (Å²) in [6, 6.07) is 15.4. The zero-order valence-corrected chi connectivity index (χ0v) is 18.3. The van der Waals surface area contributed by atoms with Crippen molar-refractivity contribution < 1.29 is 19.1 Å². The molecular weight excluding hydrogens is 394 g/mol. The van der Waals surface area contributed by atoms with E-state index in [1.165, 1.54) is 18.7 Å². The lowest BCUT2D eigenvalue weighted by Crippen LogP contribution is -2.37. The number of carbonyl (C=O) groups excluding carboxylic acids is 2. The van der Waals surface area contributed by atoms with Gasteiger partial charge >= 0.3 is 0 Å². The lowest BCUT2D eigenvalue weighted by Gasteiger charge is -2.30. The van der Waals surface area contributed by atoms with Gasteiger partial charge in [-0.3, -0.25) is 14.5 Å². The minimum absolute atomic E-state index is 0.107. The van der Waals surface area contributed by atoms with Gasteiger partial charge in [-0.2, -0.15) is 0 Å². The van der Waals surface area contributed by atoms with Crippen LogP contribution in [-0.4, -0.2) is 50.1 Å². The van der Waals surface area contributed by atoms with Gasteiger partial charge in [-0.05, 0) is 42.4 Å². The third-order valence-electron chi connectivity index (χ3n) is 4.89. The normalized spacial score (nSPS) is 12.0. The molecule has 0 heterocycles. The standard InChI is InChI=1S/C24H31N3O4/c1-4-27(5-2)20(19-9-7-6-8-10-19)16-26-24(29)14-12-18-11-13-21(22(15-18)30-3)31-17-23(25)28/h6-15,20H,4-5,16-17H2,1-3H3,(H2,25,28)(H,26,29)/b14-12+. The first-order chi connectivity index (χ1) is 15.0. The maximum atomic E-state index is 12.4. The van der Waals surface area contributed by atoms with Gasteiger partial charge < -0.3 is 20.5 Å². The summed E-state index contributed by atoms with van der Waals surface area (Å²) in [6.07, 6.45) is 3.19. The van der Waals surface area contributed by atoms with Crippen LogP contribution in [-0.2, 0) is 9.59 Å². The van der Waals surface area contributed by atoms with Crippen molar-refractivity contribution in [2.24, 2.45) is 5.73 Å². The lowest BCUT2D eigenvalue weighted by molar-refractivity contribution is -0.120. The van der Waals surface area contributed by atoms with Gasteiger partial charge in [0, 0.05) is 12.6 Å². The Morgan fingerprint density at radius 2 is 1.81 bits per heavy atom. The third kappa shape index (κ3) is 7.46. The Balaban J connectivity index is 2.02. The van der Waals surface area contributed by atoms with Crippen molar-refractivity contribution in [2.75, 3.05) is 33.4 Å². The maximum absolute atomic E-state index is 12.4. The van der Waals surface area contributed by atoms with Crippen LogP contribution in [0.3, 0.4) is 0 Å². The van der Waals surface area contributed by atoms with Gasteiger partial charge in [0.1, 0.15) is 0 Å². The lowest BCUT2D eigenvalue weighted by atomic mass is 10.1. The summed E-state index contributed by atoms with van der Waals surface area (Å²) in [6.45, 7) is 6.30. The highest BCUT2D eigenvalue weighted by Crippen LogP contribution is 2.28. The van der Waals surface area contributed by atoms with E-state index < -0.39 is 5.91 Å². The van der Waals surface area contributed by atoms with E-state index in [1.54, 1.807) is 24.3 Å². The number of hydrogen-bond acceptors (Lipinski definition) is 5. The molecule has 3 N–H and O–H groups in total. The van der Waals surface area contributed by atoms with Crippen LogP contribution in [0.2, 0.25) is 0 Å². The van der Waals surface area contributed by atoms with Crippen LogP contribution in [0.15, 0.2) is 54.6 Å². The summed E-state index contributed by atoms with van der Waals surface area (Å²) in [7, 11) is 1.50. The largest absolute Gasteiger partial charge is 0.493 e. The first kappa shape index (κ1) is 24.0. The SMILES string of the molecule is CCN(CC)C(CNC(=O)/C=C/c1ccc(OCC(N)=O)c(OC)c1)c1ccccc1. The molecule has 2 rings (SSSR count). The molecule has 0 saturated carbocycles. The van der Waals surface area contributed by atoms with Gasteiger partial charge in [0.25, 0.3) is 5.91 Å². The molecule has 0 bridgehead atoms. The van der Waals surface area contributed by atoms with Crippen LogP contribution >= 0.6 is 0 Å². The Kier molecular flexibility index (Phi) is 9.58. The highest BCUT2D eigenvalue weighted by Gasteiger charge is 2.18. The van der Waals surface area contributed by atoms with E-state index in [1.807, 2.05) is 18.2 Å². The number of benzene rings is 2. The van der Waals surface area contributed by atoms with Gasteiger partial charge in [0.05, 0.1) is 13.2 Å². The number of methoxy groups -OCH3 is 1. The summed E-state index contributed by atoms with van der Waals surface area (Å²) in [5.74, 6) is 0.115. The van der Waals surface area contributed by atoms with Crippen LogP contribution < -0.4 is 20.5 Å². The minimum atomic E-state index is -0.568. The number of nitrogens with two attached hydrogens (primary N) is 1. The molecule has 0 aromatic heterocycles. The zero-order valence-electron chi connectivity index (χ0n) is 18.3. The van der Waals surface area contributed by atoms with Gasteiger partial charge in [-0.15, -0.1) is 0 Å². The maximum Gasteiger partial charge on any atom is 0.255 e. The molecule has 2 amide bonds. The number of primary amides is 1. The number of nitrogens with zero attached hydrogens (tertiary/aromatic N) is 1. The number of amides is 2. The molecule has 0 fully saturated rings. The molecule has 0 radical (unpaired) electrons. The molecule has 1 unspecified atom stereocenters. The van der Waals surface area contributed by atoms with Crippen molar-refractivity contribution in [3.63, 3.8) is 0 Å². The smallest absolute Gasteiger partial charge is 0.255 e. The Hall–Kier alpha value is -3.32. The third-order valence-corrected chi connectivity index (χ3v) is 4.89. The molecule has 1 atom stereocenters. The first-order valence-electron chi connectivity index (χ1n) is 10.3.